The van der Waals surface area contributed by atoms with Gasteiger partial charge in [-0.25, -0.2) is 13.1 Å². The first kappa shape index (κ1) is 14.3. The van der Waals surface area contributed by atoms with Crippen LogP contribution in [0.1, 0.15) is 26.7 Å². The molecule has 106 valence electrons. The molecule has 4 nitrogen and oxygen atoms in total. The summed E-state index contributed by atoms with van der Waals surface area (Å²) in [5.74, 6) is 1.60. The fraction of sp³-hybridized carbons (Fsp3) is 0.571. The third-order valence-electron chi connectivity index (χ3n) is 3.55. The number of hydrogen-bond acceptors (Lipinski definition) is 3. The lowest BCUT2D eigenvalue weighted by molar-refractivity contribution is 0.581. The van der Waals surface area contributed by atoms with E-state index in [9.17, 15) is 8.42 Å². The van der Waals surface area contributed by atoms with Crippen LogP contribution in [0.25, 0.3) is 0 Å². The molecule has 0 saturated heterocycles. The number of rotatable bonds is 7. The maximum absolute atomic E-state index is 11.9. The van der Waals surface area contributed by atoms with Crippen LogP contribution in [0.5, 0.6) is 0 Å². The number of benzene rings is 1. The monoisotopic (exact) mass is 282 g/mol. The van der Waals surface area contributed by atoms with E-state index in [0.29, 0.717) is 11.4 Å². The first-order valence-electron chi connectivity index (χ1n) is 6.86. The molecule has 1 aliphatic rings. The fourth-order valence-electron chi connectivity index (χ4n) is 2.00. The number of sulfonamides is 1. The zero-order valence-electron chi connectivity index (χ0n) is 11.5. The smallest absolute Gasteiger partial charge is 0.240 e. The van der Waals surface area contributed by atoms with Gasteiger partial charge in [0.1, 0.15) is 0 Å². The Labute approximate surface area is 115 Å². The Morgan fingerprint density at radius 1 is 1.26 bits per heavy atom. The van der Waals surface area contributed by atoms with Crippen LogP contribution >= 0.6 is 0 Å². The first-order chi connectivity index (χ1) is 9.03. The van der Waals surface area contributed by atoms with E-state index in [1.54, 1.807) is 12.1 Å². The number of hydrogen-bond donors (Lipinski definition) is 2. The Kier molecular flexibility index (Phi) is 4.47. The summed E-state index contributed by atoms with van der Waals surface area (Å²) in [5, 5.41) is 3.34. The van der Waals surface area contributed by atoms with Crippen molar-refractivity contribution in [3.63, 3.8) is 0 Å². The molecule has 1 aromatic carbocycles. The van der Waals surface area contributed by atoms with Crippen LogP contribution in [-0.4, -0.2) is 21.5 Å². The van der Waals surface area contributed by atoms with E-state index in [1.165, 1.54) is 6.42 Å². The normalized spacial score (nSPS) is 22.2. The molecule has 5 heteroatoms. The zero-order valence-corrected chi connectivity index (χ0v) is 12.3. The van der Waals surface area contributed by atoms with E-state index in [-0.39, 0.29) is 0 Å². The Bertz CT molecular complexity index is 511. The molecule has 0 radical (unpaired) electrons. The van der Waals surface area contributed by atoms with Gasteiger partial charge in [-0.15, -0.1) is 0 Å². The highest BCUT2D eigenvalue weighted by atomic mass is 32.2. The summed E-state index contributed by atoms with van der Waals surface area (Å²) < 4.78 is 26.3. The summed E-state index contributed by atoms with van der Waals surface area (Å²) in [7, 11) is -3.34. The third-order valence-corrected chi connectivity index (χ3v) is 5.03. The van der Waals surface area contributed by atoms with Gasteiger partial charge in [0.15, 0.2) is 0 Å². The summed E-state index contributed by atoms with van der Waals surface area (Å²) in [4.78, 5) is 0.325. The van der Waals surface area contributed by atoms with Crippen LogP contribution in [0.4, 0.5) is 5.69 Å². The van der Waals surface area contributed by atoms with Gasteiger partial charge >= 0.3 is 0 Å². The topological polar surface area (TPSA) is 58.2 Å². The summed E-state index contributed by atoms with van der Waals surface area (Å²) in [6.45, 7) is 5.64. The molecular formula is C14H22N2O2S. The lowest BCUT2D eigenvalue weighted by Gasteiger charge is -2.08. The highest BCUT2D eigenvalue weighted by Crippen LogP contribution is 2.37. The van der Waals surface area contributed by atoms with Gasteiger partial charge in [0.05, 0.1) is 4.90 Å². The van der Waals surface area contributed by atoms with Crippen LogP contribution < -0.4 is 10.0 Å². The molecule has 0 aliphatic heterocycles. The lowest BCUT2D eigenvalue weighted by atomic mass is 10.3. The van der Waals surface area contributed by atoms with E-state index in [2.05, 4.69) is 17.0 Å². The second-order valence-corrected chi connectivity index (χ2v) is 7.04. The van der Waals surface area contributed by atoms with Gasteiger partial charge in [0, 0.05) is 18.8 Å². The van der Waals surface area contributed by atoms with Crippen LogP contribution in [0, 0.1) is 11.8 Å². The van der Waals surface area contributed by atoms with Crippen LogP contribution in [-0.2, 0) is 10.0 Å². The Morgan fingerprint density at radius 2 is 1.89 bits per heavy atom. The van der Waals surface area contributed by atoms with Crippen molar-refractivity contribution >= 4 is 15.7 Å². The van der Waals surface area contributed by atoms with Gasteiger partial charge in [-0.3, -0.25) is 0 Å². The molecule has 19 heavy (non-hydrogen) atoms. The van der Waals surface area contributed by atoms with Crippen LogP contribution in [0.15, 0.2) is 29.2 Å². The molecule has 0 spiro atoms. The molecule has 1 fully saturated rings. The number of anilines is 1. The van der Waals surface area contributed by atoms with Crippen molar-refractivity contribution in [2.45, 2.75) is 31.6 Å². The van der Waals surface area contributed by atoms with Gasteiger partial charge in [-0.2, -0.15) is 0 Å². The first-order valence-corrected chi connectivity index (χ1v) is 8.35. The van der Waals surface area contributed by atoms with Crippen molar-refractivity contribution < 1.29 is 8.42 Å². The molecular weight excluding hydrogens is 260 g/mol. The largest absolute Gasteiger partial charge is 0.385 e. The van der Waals surface area contributed by atoms with Crippen molar-refractivity contribution in [3.05, 3.63) is 24.3 Å². The molecule has 0 bridgehead atoms. The van der Waals surface area contributed by atoms with Gasteiger partial charge < -0.3 is 5.32 Å². The average Bonchev–Trinajstić information content (AvgIpc) is 3.11. The minimum atomic E-state index is -3.34. The van der Waals surface area contributed by atoms with Crippen molar-refractivity contribution in [2.75, 3.05) is 18.4 Å². The average molecular weight is 282 g/mol. The predicted octanol–water partition coefficient (Wildman–Crippen LogP) is 2.44. The molecule has 0 amide bonds. The standard InChI is InChI=1S/C14H22N2O2S/c1-3-8-16-19(17,18)14-6-4-13(5-7-14)15-10-12-9-11(12)2/h4-7,11-12,15-16H,3,8-10H2,1-2H3. The van der Waals surface area contributed by atoms with Crippen molar-refractivity contribution in [1.82, 2.24) is 4.72 Å². The summed E-state index contributed by atoms with van der Waals surface area (Å²) in [6, 6.07) is 6.95. The molecule has 2 N–H and O–H groups in total. The van der Waals surface area contributed by atoms with E-state index >= 15 is 0 Å². The van der Waals surface area contributed by atoms with E-state index < -0.39 is 10.0 Å². The van der Waals surface area contributed by atoms with Crippen LogP contribution in [0.2, 0.25) is 0 Å². The van der Waals surface area contributed by atoms with Gasteiger partial charge in [-0.1, -0.05) is 13.8 Å². The molecule has 0 aromatic heterocycles. The second kappa shape index (κ2) is 5.92. The van der Waals surface area contributed by atoms with E-state index in [0.717, 1.165) is 30.5 Å². The molecule has 1 saturated carbocycles. The van der Waals surface area contributed by atoms with Gasteiger partial charge in [0.25, 0.3) is 0 Å². The van der Waals surface area contributed by atoms with Crippen LogP contribution in [0.3, 0.4) is 0 Å². The highest BCUT2D eigenvalue weighted by molar-refractivity contribution is 7.89. The molecule has 2 unspecified atom stereocenters. The minimum Gasteiger partial charge on any atom is -0.385 e. The van der Waals surface area contributed by atoms with Gasteiger partial charge in [0.2, 0.25) is 10.0 Å². The lowest BCUT2D eigenvalue weighted by Crippen LogP contribution is -2.24. The molecule has 1 aromatic rings. The van der Waals surface area contributed by atoms with Crippen molar-refractivity contribution in [3.8, 4) is 0 Å². The van der Waals surface area contributed by atoms with Crippen molar-refractivity contribution in [2.24, 2.45) is 11.8 Å². The SMILES string of the molecule is CCCNS(=O)(=O)c1ccc(NCC2CC2C)cc1. The summed E-state index contributed by atoms with van der Waals surface area (Å²) >= 11 is 0. The molecule has 2 atom stereocenters. The predicted molar refractivity (Wildman–Crippen MR) is 77.7 cm³/mol. The minimum absolute atomic E-state index is 0.325. The Balaban J connectivity index is 1.93. The Hall–Kier alpha value is -1.07. The summed E-state index contributed by atoms with van der Waals surface area (Å²) in [5.41, 5.74) is 0.980. The zero-order chi connectivity index (χ0) is 13.9. The maximum atomic E-state index is 11.9. The third kappa shape index (κ3) is 3.94. The van der Waals surface area contributed by atoms with E-state index in [1.807, 2.05) is 19.1 Å². The van der Waals surface area contributed by atoms with Gasteiger partial charge in [-0.05, 0) is 48.9 Å². The Morgan fingerprint density at radius 3 is 2.42 bits per heavy atom. The second-order valence-electron chi connectivity index (χ2n) is 5.28. The number of nitrogens with one attached hydrogen (secondary N) is 2. The molecule has 0 heterocycles. The van der Waals surface area contributed by atoms with Crippen molar-refractivity contribution in [1.29, 1.82) is 0 Å². The van der Waals surface area contributed by atoms with E-state index in [4.69, 9.17) is 0 Å². The molecule has 1 aliphatic carbocycles. The summed E-state index contributed by atoms with van der Waals surface area (Å²) in [6.07, 6.45) is 2.08. The molecule has 2 rings (SSSR count). The quantitative estimate of drug-likeness (QED) is 0.807. The maximum Gasteiger partial charge on any atom is 0.240 e. The highest BCUT2D eigenvalue weighted by Gasteiger charge is 2.31. The fourth-order valence-corrected chi connectivity index (χ4v) is 3.14.